The van der Waals surface area contributed by atoms with Crippen LogP contribution in [0.1, 0.15) is 19.8 Å². The summed E-state index contributed by atoms with van der Waals surface area (Å²) < 4.78 is 1.93. The Morgan fingerprint density at radius 2 is 2.38 bits per heavy atom. The number of fused-ring (bicyclic) bond motifs is 1. The van der Waals surface area contributed by atoms with Gasteiger partial charge in [0.15, 0.2) is 0 Å². The summed E-state index contributed by atoms with van der Waals surface area (Å²) in [7, 11) is 1.99. The van der Waals surface area contributed by atoms with Gasteiger partial charge >= 0.3 is 0 Å². The van der Waals surface area contributed by atoms with Gasteiger partial charge in [-0.05, 0) is 18.9 Å². The van der Waals surface area contributed by atoms with Crippen molar-refractivity contribution >= 4 is 11.6 Å². The summed E-state index contributed by atoms with van der Waals surface area (Å²) >= 11 is 0. The van der Waals surface area contributed by atoms with Crippen molar-refractivity contribution in [3.05, 3.63) is 28.9 Å². The van der Waals surface area contributed by atoms with E-state index in [0.717, 1.165) is 12.8 Å². The van der Waals surface area contributed by atoms with Crippen molar-refractivity contribution in [2.45, 2.75) is 19.8 Å². The van der Waals surface area contributed by atoms with Crippen LogP contribution in [-0.2, 0) is 7.05 Å². The maximum absolute atomic E-state index is 4.27. The van der Waals surface area contributed by atoms with Crippen LogP contribution in [0.15, 0.2) is 18.3 Å². The van der Waals surface area contributed by atoms with Gasteiger partial charge in [0, 0.05) is 12.3 Å². The van der Waals surface area contributed by atoms with Gasteiger partial charge in [0.1, 0.15) is 0 Å². The van der Waals surface area contributed by atoms with E-state index in [-0.39, 0.29) is 0 Å². The molecule has 2 rings (SSSR count). The van der Waals surface area contributed by atoms with E-state index in [9.17, 15) is 0 Å². The van der Waals surface area contributed by atoms with Crippen molar-refractivity contribution in [1.29, 1.82) is 0 Å². The van der Waals surface area contributed by atoms with Gasteiger partial charge < -0.3 is 0 Å². The van der Waals surface area contributed by atoms with Crippen LogP contribution in [-0.4, -0.2) is 9.78 Å². The molecule has 1 aromatic rings. The lowest BCUT2D eigenvalue weighted by Crippen LogP contribution is -2.28. The van der Waals surface area contributed by atoms with E-state index in [2.05, 4.69) is 30.3 Å². The lowest BCUT2D eigenvalue weighted by atomic mass is 10.1. The molecule has 0 saturated heterocycles. The summed E-state index contributed by atoms with van der Waals surface area (Å²) in [6, 6.07) is 0. The average molecular weight is 174 g/mol. The van der Waals surface area contributed by atoms with Crippen LogP contribution in [0.25, 0.3) is 11.6 Å². The Bertz CT molecular complexity index is 449. The SMILES string of the molecule is CCC1=c2cnn(C)c2=CC=CC1. The minimum absolute atomic E-state index is 1.06. The van der Waals surface area contributed by atoms with Gasteiger partial charge in [-0.1, -0.05) is 24.6 Å². The van der Waals surface area contributed by atoms with E-state index in [1.165, 1.54) is 16.1 Å². The molecular weight excluding hydrogens is 160 g/mol. The topological polar surface area (TPSA) is 17.8 Å². The summed E-state index contributed by atoms with van der Waals surface area (Å²) in [4.78, 5) is 0. The normalized spacial score (nSPS) is 15.1. The van der Waals surface area contributed by atoms with Crippen molar-refractivity contribution in [2.24, 2.45) is 7.05 Å². The van der Waals surface area contributed by atoms with E-state index in [1.807, 2.05) is 17.9 Å². The Morgan fingerprint density at radius 1 is 1.54 bits per heavy atom. The van der Waals surface area contributed by atoms with Crippen LogP contribution in [0.3, 0.4) is 0 Å². The highest BCUT2D eigenvalue weighted by atomic mass is 15.2. The maximum atomic E-state index is 4.27. The van der Waals surface area contributed by atoms with Crippen LogP contribution in [0, 0.1) is 0 Å². The number of aryl methyl sites for hydroxylation is 1. The zero-order valence-corrected chi connectivity index (χ0v) is 8.12. The molecule has 0 radical (unpaired) electrons. The number of hydrogen-bond acceptors (Lipinski definition) is 1. The second kappa shape index (κ2) is 3.21. The quantitative estimate of drug-likeness (QED) is 0.613. The predicted octanol–water partition coefficient (Wildman–Crippen LogP) is 0.721. The number of hydrogen-bond donors (Lipinski definition) is 0. The minimum atomic E-state index is 1.06. The Hall–Kier alpha value is -1.31. The monoisotopic (exact) mass is 174 g/mol. The molecule has 0 fully saturated rings. The fraction of sp³-hybridized carbons (Fsp3) is 0.364. The maximum Gasteiger partial charge on any atom is 0.0678 e. The molecule has 0 aliphatic heterocycles. The molecule has 68 valence electrons. The first-order valence-corrected chi connectivity index (χ1v) is 4.70. The molecule has 1 aliphatic carbocycles. The molecule has 13 heavy (non-hydrogen) atoms. The predicted molar refractivity (Wildman–Crippen MR) is 54.4 cm³/mol. The molecule has 0 bridgehead atoms. The zero-order valence-electron chi connectivity index (χ0n) is 8.12. The summed E-state index contributed by atoms with van der Waals surface area (Å²) in [6.45, 7) is 2.20. The molecule has 2 heteroatoms. The van der Waals surface area contributed by atoms with E-state index >= 15 is 0 Å². The fourth-order valence-electron chi connectivity index (χ4n) is 1.73. The Morgan fingerprint density at radius 3 is 3.15 bits per heavy atom. The summed E-state index contributed by atoms with van der Waals surface area (Å²) in [5, 5.41) is 6.81. The first kappa shape index (κ1) is 8.30. The Balaban J connectivity index is 2.82. The van der Waals surface area contributed by atoms with Crippen molar-refractivity contribution in [3.63, 3.8) is 0 Å². The van der Waals surface area contributed by atoms with Crippen LogP contribution in [0.2, 0.25) is 0 Å². The Kier molecular flexibility index (Phi) is 2.05. The number of nitrogens with zero attached hydrogens (tertiary/aromatic N) is 2. The van der Waals surface area contributed by atoms with Gasteiger partial charge in [0.05, 0.1) is 11.5 Å². The zero-order chi connectivity index (χ0) is 9.26. The number of aromatic nitrogens is 2. The van der Waals surface area contributed by atoms with Gasteiger partial charge in [0.2, 0.25) is 0 Å². The molecule has 0 spiro atoms. The van der Waals surface area contributed by atoms with Crippen LogP contribution in [0.4, 0.5) is 0 Å². The molecule has 1 aliphatic rings. The molecule has 0 aromatic carbocycles. The number of allylic oxidation sites excluding steroid dienone is 2. The first-order chi connectivity index (χ1) is 6.33. The third-order valence-corrected chi connectivity index (χ3v) is 2.55. The third kappa shape index (κ3) is 1.32. The van der Waals surface area contributed by atoms with E-state index in [0.29, 0.717) is 0 Å². The molecular formula is C11H14N2. The second-order valence-electron chi connectivity index (χ2n) is 3.32. The summed E-state index contributed by atoms with van der Waals surface area (Å²) in [6.07, 6.45) is 10.6. The summed E-state index contributed by atoms with van der Waals surface area (Å²) in [5.74, 6) is 0. The molecule has 0 saturated carbocycles. The van der Waals surface area contributed by atoms with Crippen LogP contribution >= 0.6 is 0 Å². The second-order valence-corrected chi connectivity index (χ2v) is 3.32. The smallest absolute Gasteiger partial charge is 0.0678 e. The van der Waals surface area contributed by atoms with Crippen molar-refractivity contribution < 1.29 is 0 Å². The molecule has 0 amide bonds. The van der Waals surface area contributed by atoms with E-state index in [4.69, 9.17) is 0 Å². The molecule has 0 N–H and O–H groups in total. The molecule has 1 heterocycles. The van der Waals surface area contributed by atoms with Crippen molar-refractivity contribution in [1.82, 2.24) is 9.78 Å². The summed E-state index contributed by atoms with van der Waals surface area (Å²) in [5.41, 5.74) is 1.48. The van der Waals surface area contributed by atoms with Gasteiger partial charge in [-0.2, -0.15) is 5.10 Å². The van der Waals surface area contributed by atoms with Gasteiger partial charge in [-0.25, -0.2) is 0 Å². The lowest BCUT2D eigenvalue weighted by molar-refractivity contribution is 0.743. The van der Waals surface area contributed by atoms with Gasteiger partial charge in [-0.3, -0.25) is 4.68 Å². The van der Waals surface area contributed by atoms with Crippen molar-refractivity contribution in [3.8, 4) is 0 Å². The van der Waals surface area contributed by atoms with Gasteiger partial charge in [-0.15, -0.1) is 0 Å². The highest BCUT2D eigenvalue weighted by Crippen LogP contribution is 2.06. The fourth-order valence-corrected chi connectivity index (χ4v) is 1.73. The number of rotatable bonds is 1. The molecule has 1 aromatic heterocycles. The molecule has 2 nitrogen and oxygen atoms in total. The van der Waals surface area contributed by atoms with Gasteiger partial charge in [0.25, 0.3) is 0 Å². The highest BCUT2D eigenvalue weighted by molar-refractivity contribution is 5.51. The van der Waals surface area contributed by atoms with Crippen LogP contribution < -0.4 is 10.6 Å². The molecule has 0 atom stereocenters. The average Bonchev–Trinajstić information content (AvgIpc) is 2.39. The van der Waals surface area contributed by atoms with Crippen molar-refractivity contribution in [2.75, 3.05) is 0 Å². The third-order valence-electron chi connectivity index (χ3n) is 2.55. The van der Waals surface area contributed by atoms with E-state index in [1.54, 1.807) is 0 Å². The standard InChI is InChI=1S/C11H14N2/c1-3-9-6-4-5-7-11-10(9)8-12-13(11)2/h4-5,7-8H,3,6H2,1-2H3. The first-order valence-electron chi connectivity index (χ1n) is 4.70. The Labute approximate surface area is 77.9 Å². The lowest BCUT2D eigenvalue weighted by Gasteiger charge is -1.95. The molecule has 0 unspecified atom stereocenters. The highest BCUT2D eigenvalue weighted by Gasteiger charge is 2.00. The van der Waals surface area contributed by atoms with E-state index < -0.39 is 0 Å². The largest absolute Gasteiger partial charge is 0.268 e. The minimum Gasteiger partial charge on any atom is -0.268 e. The van der Waals surface area contributed by atoms with Crippen LogP contribution in [0.5, 0.6) is 0 Å².